The standard InChI is InChI=1S/C16H15N3O2/c1-10-14(11(2)21-19-10)8-16(20)18-13-7-12-5-3-4-6-15(12)17-9-13/h3-7,9H,8H2,1-2H3,(H,18,20). The zero-order chi connectivity index (χ0) is 14.8. The van der Waals surface area contributed by atoms with Crippen molar-refractivity contribution < 1.29 is 9.32 Å². The molecule has 1 aromatic carbocycles. The number of carbonyl (C=O) groups is 1. The summed E-state index contributed by atoms with van der Waals surface area (Å²) >= 11 is 0. The Balaban J connectivity index is 1.77. The number of amides is 1. The molecule has 0 radical (unpaired) electrons. The van der Waals surface area contributed by atoms with Crippen LogP contribution in [0.2, 0.25) is 0 Å². The van der Waals surface area contributed by atoms with Gasteiger partial charge in [0.05, 0.1) is 29.5 Å². The van der Waals surface area contributed by atoms with Crippen LogP contribution >= 0.6 is 0 Å². The number of aryl methyl sites for hydroxylation is 2. The molecule has 1 N–H and O–H groups in total. The van der Waals surface area contributed by atoms with Gasteiger partial charge in [-0.05, 0) is 26.0 Å². The van der Waals surface area contributed by atoms with E-state index in [-0.39, 0.29) is 12.3 Å². The third-order valence-electron chi connectivity index (χ3n) is 3.39. The summed E-state index contributed by atoms with van der Waals surface area (Å²) in [6, 6.07) is 9.69. The number of nitrogens with one attached hydrogen (secondary N) is 1. The number of carbonyl (C=O) groups excluding carboxylic acids is 1. The number of hydrogen-bond acceptors (Lipinski definition) is 4. The van der Waals surface area contributed by atoms with E-state index in [4.69, 9.17) is 4.52 Å². The maximum Gasteiger partial charge on any atom is 0.229 e. The number of anilines is 1. The van der Waals surface area contributed by atoms with Crippen LogP contribution in [0.25, 0.3) is 10.9 Å². The van der Waals surface area contributed by atoms with E-state index in [0.717, 1.165) is 22.2 Å². The minimum absolute atomic E-state index is 0.110. The maximum absolute atomic E-state index is 12.1. The second-order valence-corrected chi connectivity index (χ2v) is 4.94. The minimum atomic E-state index is -0.110. The van der Waals surface area contributed by atoms with Gasteiger partial charge in [0.1, 0.15) is 5.76 Å². The molecule has 3 rings (SSSR count). The number of para-hydroxylation sites is 1. The first-order valence-electron chi connectivity index (χ1n) is 6.70. The van der Waals surface area contributed by atoms with Crippen LogP contribution in [-0.4, -0.2) is 16.0 Å². The van der Waals surface area contributed by atoms with Gasteiger partial charge in [-0.15, -0.1) is 0 Å². The monoisotopic (exact) mass is 281 g/mol. The van der Waals surface area contributed by atoms with Crippen molar-refractivity contribution in [2.75, 3.05) is 5.32 Å². The van der Waals surface area contributed by atoms with Crippen LogP contribution in [0.4, 0.5) is 5.69 Å². The third kappa shape index (κ3) is 2.76. The predicted octanol–water partition coefficient (Wildman–Crippen LogP) is 3.02. The highest BCUT2D eigenvalue weighted by Crippen LogP contribution is 2.17. The molecule has 0 fully saturated rings. The van der Waals surface area contributed by atoms with Crippen LogP contribution in [0.1, 0.15) is 17.0 Å². The van der Waals surface area contributed by atoms with Gasteiger partial charge in [0.15, 0.2) is 0 Å². The second kappa shape index (κ2) is 5.36. The average molecular weight is 281 g/mol. The molecule has 21 heavy (non-hydrogen) atoms. The van der Waals surface area contributed by atoms with E-state index in [2.05, 4.69) is 15.5 Å². The number of benzene rings is 1. The molecule has 0 aliphatic rings. The molecule has 5 heteroatoms. The molecular formula is C16H15N3O2. The van der Waals surface area contributed by atoms with E-state index in [1.165, 1.54) is 0 Å². The lowest BCUT2D eigenvalue weighted by molar-refractivity contribution is -0.115. The first kappa shape index (κ1) is 13.3. The van der Waals surface area contributed by atoms with Crippen molar-refractivity contribution in [3.8, 4) is 0 Å². The van der Waals surface area contributed by atoms with Gasteiger partial charge in [0, 0.05) is 10.9 Å². The molecule has 5 nitrogen and oxygen atoms in total. The summed E-state index contributed by atoms with van der Waals surface area (Å²) in [7, 11) is 0. The summed E-state index contributed by atoms with van der Waals surface area (Å²) in [5.41, 5.74) is 3.17. The molecule has 2 heterocycles. The van der Waals surface area contributed by atoms with Gasteiger partial charge in [-0.25, -0.2) is 0 Å². The Kier molecular flexibility index (Phi) is 3.39. The molecule has 0 aliphatic heterocycles. The SMILES string of the molecule is Cc1noc(C)c1CC(=O)Nc1cnc2ccccc2c1. The molecule has 0 atom stereocenters. The molecule has 0 spiro atoms. The van der Waals surface area contributed by atoms with Crippen LogP contribution in [0.3, 0.4) is 0 Å². The van der Waals surface area contributed by atoms with Gasteiger partial charge in [-0.2, -0.15) is 0 Å². The Labute approximate surface area is 122 Å². The van der Waals surface area contributed by atoms with E-state index in [1.807, 2.05) is 37.3 Å². The van der Waals surface area contributed by atoms with Crippen LogP contribution in [-0.2, 0) is 11.2 Å². The lowest BCUT2D eigenvalue weighted by atomic mass is 10.1. The first-order chi connectivity index (χ1) is 10.1. The average Bonchev–Trinajstić information content (AvgIpc) is 2.79. The quantitative estimate of drug-likeness (QED) is 0.801. The number of rotatable bonds is 3. The molecule has 0 bridgehead atoms. The summed E-state index contributed by atoms with van der Waals surface area (Å²) in [6.07, 6.45) is 1.90. The summed E-state index contributed by atoms with van der Waals surface area (Å²) in [5.74, 6) is 0.570. The molecule has 3 aromatic rings. The molecule has 0 saturated carbocycles. The molecular weight excluding hydrogens is 266 g/mol. The predicted molar refractivity (Wildman–Crippen MR) is 80.1 cm³/mol. The van der Waals surface area contributed by atoms with Crippen LogP contribution in [0, 0.1) is 13.8 Å². The fraction of sp³-hybridized carbons (Fsp3) is 0.188. The van der Waals surface area contributed by atoms with Gasteiger partial charge in [0.25, 0.3) is 0 Å². The lowest BCUT2D eigenvalue weighted by Crippen LogP contribution is -2.15. The summed E-state index contributed by atoms with van der Waals surface area (Å²) in [6.45, 7) is 3.64. The Hall–Kier alpha value is -2.69. The Morgan fingerprint density at radius 2 is 2.10 bits per heavy atom. The van der Waals surface area contributed by atoms with E-state index in [9.17, 15) is 4.79 Å². The summed E-state index contributed by atoms with van der Waals surface area (Å²) in [5, 5.41) is 7.70. The molecule has 0 saturated heterocycles. The Bertz CT molecular complexity index is 789. The second-order valence-electron chi connectivity index (χ2n) is 4.94. The normalized spacial score (nSPS) is 10.8. The van der Waals surface area contributed by atoms with Gasteiger partial charge in [-0.1, -0.05) is 23.4 Å². The highest BCUT2D eigenvalue weighted by atomic mass is 16.5. The van der Waals surface area contributed by atoms with Crippen molar-refractivity contribution >= 4 is 22.5 Å². The van der Waals surface area contributed by atoms with Gasteiger partial charge < -0.3 is 9.84 Å². The van der Waals surface area contributed by atoms with Crippen LogP contribution in [0.5, 0.6) is 0 Å². The van der Waals surface area contributed by atoms with Gasteiger partial charge >= 0.3 is 0 Å². The van der Waals surface area contributed by atoms with Crippen molar-refractivity contribution in [2.24, 2.45) is 0 Å². The fourth-order valence-electron chi connectivity index (χ4n) is 2.26. The number of aromatic nitrogens is 2. The number of pyridine rings is 1. The Morgan fingerprint density at radius 1 is 1.29 bits per heavy atom. The van der Waals surface area contributed by atoms with Crippen molar-refractivity contribution in [1.82, 2.24) is 10.1 Å². The van der Waals surface area contributed by atoms with Crippen molar-refractivity contribution in [3.63, 3.8) is 0 Å². The van der Waals surface area contributed by atoms with Crippen molar-refractivity contribution in [1.29, 1.82) is 0 Å². The smallest absolute Gasteiger partial charge is 0.229 e. The maximum atomic E-state index is 12.1. The number of fused-ring (bicyclic) bond motifs is 1. The highest BCUT2D eigenvalue weighted by molar-refractivity contribution is 5.94. The van der Waals surface area contributed by atoms with E-state index >= 15 is 0 Å². The van der Waals surface area contributed by atoms with Crippen molar-refractivity contribution in [2.45, 2.75) is 20.3 Å². The molecule has 2 aromatic heterocycles. The van der Waals surface area contributed by atoms with Crippen LogP contribution < -0.4 is 5.32 Å². The molecule has 1 amide bonds. The summed E-state index contributed by atoms with van der Waals surface area (Å²) < 4.78 is 5.06. The summed E-state index contributed by atoms with van der Waals surface area (Å²) in [4.78, 5) is 16.4. The molecule has 106 valence electrons. The van der Waals surface area contributed by atoms with Gasteiger partial charge in [0.2, 0.25) is 5.91 Å². The van der Waals surface area contributed by atoms with E-state index < -0.39 is 0 Å². The largest absolute Gasteiger partial charge is 0.361 e. The van der Waals surface area contributed by atoms with Gasteiger partial charge in [-0.3, -0.25) is 9.78 Å². The fourth-order valence-corrected chi connectivity index (χ4v) is 2.26. The van der Waals surface area contributed by atoms with Crippen LogP contribution in [0.15, 0.2) is 41.1 Å². The Morgan fingerprint density at radius 3 is 2.86 bits per heavy atom. The molecule has 0 unspecified atom stereocenters. The molecule has 0 aliphatic carbocycles. The lowest BCUT2D eigenvalue weighted by Gasteiger charge is -2.06. The van der Waals surface area contributed by atoms with E-state index in [0.29, 0.717) is 11.4 Å². The number of nitrogens with zero attached hydrogens (tertiary/aromatic N) is 2. The zero-order valence-corrected chi connectivity index (χ0v) is 11.9. The van der Waals surface area contributed by atoms with Crippen molar-refractivity contribution in [3.05, 3.63) is 53.5 Å². The van der Waals surface area contributed by atoms with E-state index in [1.54, 1.807) is 13.1 Å². The topological polar surface area (TPSA) is 68.0 Å². The zero-order valence-electron chi connectivity index (χ0n) is 11.9. The first-order valence-corrected chi connectivity index (χ1v) is 6.70. The third-order valence-corrected chi connectivity index (χ3v) is 3.39. The minimum Gasteiger partial charge on any atom is -0.361 e. The highest BCUT2D eigenvalue weighted by Gasteiger charge is 2.13. The number of hydrogen-bond donors (Lipinski definition) is 1.